The Morgan fingerprint density at radius 1 is 1.40 bits per heavy atom. The topological polar surface area (TPSA) is 0 Å². The van der Waals surface area contributed by atoms with Crippen molar-refractivity contribution >= 4 is 34.7 Å². The van der Waals surface area contributed by atoms with Gasteiger partial charge >= 0.3 is 23.1 Å². The smallest absolute Gasteiger partial charge is 1.00 e. The van der Waals surface area contributed by atoms with Crippen LogP contribution in [0.2, 0.25) is 5.02 Å². The second-order valence-corrected chi connectivity index (χ2v) is 1.76. The second-order valence-electron chi connectivity index (χ2n) is 1.35. The zero-order valence-corrected chi connectivity index (χ0v) is 8.83. The van der Waals surface area contributed by atoms with E-state index in [1.165, 1.54) is 18.2 Å². The summed E-state index contributed by atoms with van der Waals surface area (Å²) in [6, 6.07) is 6.43. The van der Waals surface area contributed by atoms with Crippen molar-refractivity contribution in [2.45, 2.75) is 0 Å². The van der Waals surface area contributed by atoms with Crippen molar-refractivity contribution < 1.29 is 21.4 Å². The Bertz CT molecular complexity index is 157. The molecule has 4 heteroatoms. The van der Waals surface area contributed by atoms with Gasteiger partial charge in [0.25, 0.3) is 0 Å². The molecule has 0 fully saturated rings. The summed E-state index contributed by atoms with van der Waals surface area (Å²) >= 11 is 5.39. The third kappa shape index (κ3) is 4.49. The summed E-state index contributed by atoms with van der Waals surface area (Å²) in [4.78, 5) is 0. The third-order valence-corrected chi connectivity index (χ3v) is 0.972. The predicted molar refractivity (Wildman–Crippen MR) is 36.0 cm³/mol. The quantitative estimate of drug-likeness (QED) is 0.395. The van der Waals surface area contributed by atoms with Crippen LogP contribution in [0, 0.1) is 11.9 Å². The maximum atomic E-state index is 12.0. The number of hydrogen-bond donors (Lipinski definition) is 0. The SMILES string of the molecule is Fc1c[c-]c(Cl)cc1.[Br-].[Mg+2]. The van der Waals surface area contributed by atoms with Gasteiger partial charge in [0.2, 0.25) is 0 Å². The van der Waals surface area contributed by atoms with E-state index in [0.717, 1.165) is 0 Å². The van der Waals surface area contributed by atoms with Crippen LogP contribution < -0.4 is 17.0 Å². The summed E-state index contributed by atoms with van der Waals surface area (Å²) in [6.45, 7) is 0. The van der Waals surface area contributed by atoms with Gasteiger partial charge < -0.3 is 17.0 Å². The first-order chi connectivity index (χ1) is 3.79. The molecule has 0 aliphatic rings. The van der Waals surface area contributed by atoms with E-state index >= 15 is 0 Å². The van der Waals surface area contributed by atoms with Gasteiger partial charge in [-0.25, -0.2) is 0 Å². The standard InChI is InChI=1S/C6H3ClF.BrH.Mg/c7-5-1-3-6(8)4-2-5;;/h1,3-4H;1H;/q-1;;+2/p-1. The van der Waals surface area contributed by atoms with Gasteiger partial charge in [0, 0.05) is 5.82 Å². The molecule has 10 heavy (non-hydrogen) atoms. The predicted octanol–water partition coefficient (Wildman–Crippen LogP) is -1.10. The maximum Gasteiger partial charge on any atom is 2.00 e. The maximum absolute atomic E-state index is 12.0. The molecule has 0 spiro atoms. The van der Waals surface area contributed by atoms with Crippen molar-refractivity contribution in [1.29, 1.82) is 0 Å². The van der Waals surface area contributed by atoms with Crippen LogP contribution in [-0.2, 0) is 0 Å². The number of halogens is 3. The number of benzene rings is 1. The van der Waals surface area contributed by atoms with Crippen LogP contribution in [0.3, 0.4) is 0 Å². The molecule has 1 aromatic carbocycles. The molecule has 0 N–H and O–H groups in total. The number of hydrogen-bond acceptors (Lipinski definition) is 0. The Labute approximate surface area is 90.7 Å². The minimum absolute atomic E-state index is 0. The van der Waals surface area contributed by atoms with E-state index in [-0.39, 0.29) is 45.9 Å². The van der Waals surface area contributed by atoms with Gasteiger partial charge in [-0.2, -0.15) is 6.07 Å². The first-order valence-corrected chi connectivity index (χ1v) is 2.49. The van der Waals surface area contributed by atoms with Gasteiger partial charge in [-0.05, 0) is 0 Å². The molecule has 0 nitrogen and oxygen atoms in total. The normalized spacial score (nSPS) is 7.40. The Balaban J connectivity index is 0. The molecule has 0 saturated heterocycles. The zero-order valence-electron chi connectivity index (χ0n) is 5.07. The van der Waals surface area contributed by atoms with Crippen LogP contribution in [0.5, 0.6) is 0 Å². The van der Waals surface area contributed by atoms with Crippen molar-refractivity contribution in [3.63, 3.8) is 0 Å². The summed E-state index contributed by atoms with van der Waals surface area (Å²) < 4.78 is 12.0. The average Bonchev–Trinajstić information content (AvgIpc) is 1.77. The third-order valence-electron chi connectivity index (χ3n) is 0.737. The minimum atomic E-state index is -0.311. The molecule has 0 aliphatic heterocycles. The summed E-state index contributed by atoms with van der Waals surface area (Å²) in [5.74, 6) is -0.311. The van der Waals surface area contributed by atoms with Crippen LogP contribution in [-0.4, -0.2) is 23.1 Å². The molecular weight excluding hydrogens is 231 g/mol. The molecule has 0 saturated carbocycles. The Hall–Kier alpha value is 0.686. The Kier molecular flexibility index (Phi) is 8.50. The van der Waals surface area contributed by atoms with Crippen molar-refractivity contribution in [3.05, 3.63) is 35.1 Å². The van der Waals surface area contributed by atoms with Gasteiger partial charge in [0.1, 0.15) is 0 Å². The fourth-order valence-corrected chi connectivity index (χ4v) is 0.504. The monoisotopic (exact) mass is 232 g/mol. The molecule has 0 aromatic heterocycles. The van der Waals surface area contributed by atoms with E-state index < -0.39 is 0 Å². The van der Waals surface area contributed by atoms with E-state index in [1.807, 2.05) is 0 Å². The minimum Gasteiger partial charge on any atom is -1.00 e. The molecule has 50 valence electrons. The van der Waals surface area contributed by atoms with Gasteiger partial charge in [-0.15, -0.1) is 29.8 Å². The fourth-order valence-electron chi connectivity index (χ4n) is 0.387. The van der Waals surface area contributed by atoms with Gasteiger partial charge in [-0.3, -0.25) is 4.39 Å². The fraction of sp³-hybridized carbons (Fsp3) is 0. The van der Waals surface area contributed by atoms with Crippen LogP contribution in [0.1, 0.15) is 0 Å². The van der Waals surface area contributed by atoms with E-state index in [9.17, 15) is 4.39 Å². The molecule has 0 amide bonds. The molecule has 0 bridgehead atoms. The molecule has 0 aliphatic carbocycles. The van der Waals surface area contributed by atoms with Gasteiger partial charge in [-0.1, -0.05) is 5.02 Å². The van der Waals surface area contributed by atoms with Crippen LogP contribution in [0.15, 0.2) is 18.2 Å². The molecule has 0 radical (unpaired) electrons. The Morgan fingerprint density at radius 2 is 2.00 bits per heavy atom. The molecule has 1 rings (SSSR count). The molecule has 1 aromatic rings. The first kappa shape index (κ1) is 13.3. The van der Waals surface area contributed by atoms with Crippen molar-refractivity contribution in [2.24, 2.45) is 0 Å². The summed E-state index contributed by atoms with van der Waals surface area (Å²) in [5, 5.41) is 0.436. The number of rotatable bonds is 0. The second kappa shape index (κ2) is 6.40. The zero-order chi connectivity index (χ0) is 5.98. The molecule has 0 heterocycles. The van der Waals surface area contributed by atoms with Crippen LogP contribution in [0.25, 0.3) is 0 Å². The van der Waals surface area contributed by atoms with E-state index in [2.05, 4.69) is 6.07 Å². The van der Waals surface area contributed by atoms with Gasteiger partial charge in [0.05, 0.1) is 0 Å². The molecule has 0 atom stereocenters. The molecule has 0 unspecified atom stereocenters. The van der Waals surface area contributed by atoms with Crippen molar-refractivity contribution in [1.82, 2.24) is 0 Å². The van der Waals surface area contributed by atoms with Crippen molar-refractivity contribution in [3.8, 4) is 0 Å². The van der Waals surface area contributed by atoms with E-state index in [4.69, 9.17) is 11.6 Å². The Morgan fingerprint density at radius 3 is 2.30 bits per heavy atom. The largest absolute Gasteiger partial charge is 2.00 e. The van der Waals surface area contributed by atoms with Crippen LogP contribution >= 0.6 is 11.6 Å². The summed E-state index contributed by atoms with van der Waals surface area (Å²) in [7, 11) is 0. The van der Waals surface area contributed by atoms with Gasteiger partial charge in [0.15, 0.2) is 0 Å². The summed E-state index contributed by atoms with van der Waals surface area (Å²) in [6.07, 6.45) is 0. The average molecular weight is 234 g/mol. The van der Waals surface area contributed by atoms with E-state index in [0.29, 0.717) is 5.02 Å². The van der Waals surface area contributed by atoms with E-state index in [1.54, 1.807) is 0 Å². The summed E-state index contributed by atoms with van der Waals surface area (Å²) in [5.41, 5.74) is 0. The molecular formula is C6H3BrClFMg. The first-order valence-electron chi connectivity index (χ1n) is 2.12. The van der Waals surface area contributed by atoms with Crippen LogP contribution in [0.4, 0.5) is 4.39 Å². The van der Waals surface area contributed by atoms with Crippen molar-refractivity contribution in [2.75, 3.05) is 0 Å².